The van der Waals surface area contributed by atoms with Gasteiger partial charge < -0.3 is 4.90 Å². The van der Waals surface area contributed by atoms with Crippen LogP contribution in [0.1, 0.15) is 48.7 Å². The number of likely N-dealkylation sites (N-methyl/N-ethyl adjacent to an activating group) is 1. The normalized spacial score (nSPS) is 18.3. The van der Waals surface area contributed by atoms with Crippen molar-refractivity contribution in [3.8, 4) is 0 Å². The summed E-state index contributed by atoms with van der Waals surface area (Å²) in [6.07, 6.45) is -1.91. The van der Waals surface area contributed by atoms with E-state index < -0.39 is 17.8 Å². The van der Waals surface area contributed by atoms with Crippen molar-refractivity contribution in [2.45, 2.75) is 37.9 Å². The molecule has 3 heterocycles. The maximum Gasteiger partial charge on any atom is 0.417 e. The highest BCUT2D eigenvalue weighted by atomic mass is 19.4. The lowest BCUT2D eigenvalue weighted by molar-refractivity contribution is -0.138. The van der Waals surface area contributed by atoms with Gasteiger partial charge in [0.25, 0.3) is 0 Å². The van der Waals surface area contributed by atoms with Crippen LogP contribution < -0.4 is 0 Å². The Morgan fingerprint density at radius 1 is 1.19 bits per heavy atom. The standard InChI is InChI=1S/C23H26F3N5O/c1-3-29(2)20(16-8-5-4-6-9-16)22(32)30-13-7-10-17(14-30)21-28-27-19-12-11-18(15-31(19)21)23(24,25)26/h4-6,8-9,11-12,15,17,20H,3,7,10,13-14H2,1-2H3. The van der Waals surface area contributed by atoms with E-state index in [0.717, 1.165) is 30.7 Å². The van der Waals surface area contributed by atoms with Crippen molar-refractivity contribution in [3.05, 3.63) is 65.6 Å². The maximum atomic E-state index is 13.6. The largest absolute Gasteiger partial charge is 0.417 e. The molecular formula is C23H26F3N5O. The van der Waals surface area contributed by atoms with E-state index in [0.29, 0.717) is 31.1 Å². The van der Waals surface area contributed by atoms with Crippen LogP contribution in [0.15, 0.2) is 48.7 Å². The number of fused-ring (bicyclic) bond motifs is 1. The molecule has 1 amide bonds. The maximum absolute atomic E-state index is 13.6. The first kappa shape index (κ1) is 22.3. The molecule has 0 spiro atoms. The zero-order valence-electron chi connectivity index (χ0n) is 18.1. The van der Waals surface area contributed by atoms with Gasteiger partial charge in [-0.25, -0.2) is 0 Å². The van der Waals surface area contributed by atoms with E-state index in [1.807, 2.05) is 54.1 Å². The summed E-state index contributed by atoms with van der Waals surface area (Å²) in [5.41, 5.74) is 0.541. The third-order valence-corrected chi connectivity index (χ3v) is 6.14. The second kappa shape index (κ2) is 8.90. The van der Waals surface area contributed by atoms with Crippen molar-refractivity contribution < 1.29 is 18.0 Å². The number of carbonyl (C=O) groups is 1. The van der Waals surface area contributed by atoms with Crippen LogP contribution in [0.3, 0.4) is 0 Å². The number of pyridine rings is 1. The van der Waals surface area contributed by atoms with Crippen LogP contribution in [-0.2, 0) is 11.0 Å². The van der Waals surface area contributed by atoms with Gasteiger partial charge in [0.1, 0.15) is 11.9 Å². The van der Waals surface area contributed by atoms with Crippen LogP contribution in [0.25, 0.3) is 5.65 Å². The Kier molecular flexibility index (Phi) is 6.19. The highest BCUT2D eigenvalue weighted by molar-refractivity contribution is 5.83. The summed E-state index contributed by atoms with van der Waals surface area (Å²) in [6.45, 7) is 3.72. The number of piperidine rings is 1. The fourth-order valence-electron chi connectivity index (χ4n) is 4.32. The molecule has 6 nitrogen and oxygen atoms in total. The molecule has 1 aromatic carbocycles. The van der Waals surface area contributed by atoms with Crippen LogP contribution >= 0.6 is 0 Å². The van der Waals surface area contributed by atoms with Gasteiger partial charge in [-0.15, -0.1) is 10.2 Å². The molecule has 3 aromatic rings. The van der Waals surface area contributed by atoms with E-state index in [2.05, 4.69) is 10.2 Å². The SMILES string of the molecule is CCN(C)C(C(=O)N1CCCC(c2nnc3ccc(C(F)(F)F)cn23)C1)c1ccccc1. The highest BCUT2D eigenvalue weighted by Crippen LogP contribution is 2.32. The number of rotatable bonds is 5. The molecule has 0 saturated carbocycles. The Balaban J connectivity index is 1.61. The zero-order valence-corrected chi connectivity index (χ0v) is 18.1. The molecule has 170 valence electrons. The monoisotopic (exact) mass is 445 g/mol. The van der Waals surface area contributed by atoms with E-state index in [9.17, 15) is 18.0 Å². The van der Waals surface area contributed by atoms with E-state index in [1.54, 1.807) is 0 Å². The number of alkyl halides is 3. The molecule has 0 bridgehead atoms. The van der Waals surface area contributed by atoms with Crippen LogP contribution in [0.2, 0.25) is 0 Å². The van der Waals surface area contributed by atoms with Crippen molar-refractivity contribution in [2.24, 2.45) is 0 Å². The number of hydrogen-bond donors (Lipinski definition) is 0. The summed E-state index contributed by atoms with van der Waals surface area (Å²) in [5, 5.41) is 8.23. The van der Waals surface area contributed by atoms with Gasteiger partial charge in [-0.3, -0.25) is 14.1 Å². The Morgan fingerprint density at radius 3 is 2.62 bits per heavy atom. The molecule has 1 saturated heterocycles. The first-order valence-corrected chi connectivity index (χ1v) is 10.8. The van der Waals surface area contributed by atoms with Crippen molar-refractivity contribution in [2.75, 3.05) is 26.7 Å². The molecule has 0 aliphatic carbocycles. The molecule has 32 heavy (non-hydrogen) atoms. The van der Waals surface area contributed by atoms with Crippen LogP contribution in [0.5, 0.6) is 0 Å². The van der Waals surface area contributed by atoms with Crippen molar-refractivity contribution in [1.29, 1.82) is 0 Å². The summed E-state index contributed by atoms with van der Waals surface area (Å²) in [4.78, 5) is 17.4. The summed E-state index contributed by atoms with van der Waals surface area (Å²) in [6, 6.07) is 11.6. The van der Waals surface area contributed by atoms with Gasteiger partial charge in [-0.05, 0) is 44.1 Å². The molecule has 2 aromatic heterocycles. The minimum Gasteiger partial charge on any atom is -0.340 e. The predicted octanol–water partition coefficient (Wildman–Crippen LogP) is 4.15. The number of carbonyl (C=O) groups excluding carboxylic acids is 1. The fraction of sp³-hybridized carbons (Fsp3) is 0.435. The Bertz CT molecular complexity index is 1080. The number of benzene rings is 1. The van der Waals surface area contributed by atoms with Gasteiger partial charge in [0.2, 0.25) is 5.91 Å². The highest BCUT2D eigenvalue weighted by Gasteiger charge is 2.35. The number of hydrogen-bond acceptors (Lipinski definition) is 4. The number of likely N-dealkylation sites (tertiary alicyclic amines) is 1. The zero-order chi connectivity index (χ0) is 22.9. The Labute approximate surface area is 184 Å². The molecule has 2 atom stereocenters. The molecule has 0 radical (unpaired) electrons. The molecule has 0 N–H and O–H groups in total. The van der Waals surface area contributed by atoms with Gasteiger partial charge in [0.15, 0.2) is 5.65 Å². The minimum atomic E-state index is -4.45. The topological polar surface area (TPSA) is 53.7 Å². The predicted molar refractivity (Wildman–Crippen MR) is 114 cm³/mol. The van der Waals surface area contributed by atoms with Gasteiger partial charge >= 0.3 is 6.18 Å². The molecular weight excluding hydrogens is 419 g/mol. The van der Waals surface area contributed by atoms with Gasteiger partial charge in [-0.1, -0.05) is 37.3 Å². The molecule has 4 rings (SSSR count). The first-order chi connectivity index (χ1) is 15.3. The van der Waals surface area contributed by atoms with Crippen LogP contribution in [0, 0.1) is 0 Å². The molecule has 1 aliphatic heterocycles. The van der Waals surface area contributed by atoms with Gasteiger partial charge in [0, 0.05) is 25.2 Å². The summed E-state index contributed by atoms with van der Waals surface area (Å²) >= 11 is 0. The number of amides is 1. The quantitative estimate of drug-likeness (QED) is 0.592. The molecule has 9 heteroatoms. The average molecular weight is 445 g/mol. The Morgan fingerprint density at radius 2 is 1.94 bits per heavy atom. The first-order valence-electron chi connectivity index (χ1n) is 10.8. The van der Waals surface area contributed by atoms with Crippen molar-refractivity contribution in [3.63, 3.8) is 0 Å². The number of aromatic nitrogens is 3. The summed E-state index contributed by atoms with van der Waals surface area (Å²) in [7, 11) is 1.92. The molecule has 2 unspecified atom stereocenters. The summed E-state index contributed by atoms with van der Waals surface area (Å²) < 4.78 is 41.0. The third kappa shape index (κ3) is 4.34. The van der Waals surface area contributed by atoms with E-state index >= 15 is 0 Å². The lowest BCUT2D eigenvalue weighted by atomic mass is 9.95. The smallest absolute Gasteiger partial charge is 0.340 e. The minimum absolute atomic E-state index is 0.00458. The van der Waals surface area contributed by atoms with Crippen molar-refractivity contribution >= 4 is 11.6 Å². The lowest BCUT2D eigenvalue weighted by Gasteiger charge is -2.37. The number of nitrogens with zero attached hydrogens (tertiary/aromatic N) is 5. The summed E-state index contributed by atoms with van der Waals surface area (Å²) in [5.74, 6) is 0.272. The van der Waals surface area contributed by atoms with Gasteiger partial charge in [-0.2, -0.15) is 13.2 Å². The third-order valence-electron chi connectivity index (χ3n) is 6.14. The molecule has 1 aliphatic rings. The van der Waals surface area contributed by atoms with E-state index in [1.165, 1.54) is 10.5 Å². The second-order valence-corrected chi connectivity index (χ2v) is 8.21. The van der Waals surface area contributed by atoms with E-state index in [-0.39, 0.29) is 11.8 Å². The Hall–Kier alpha value is -2.94. The van der Waals surface area contributed by atoms with Gasteiger partial charge in [0.05, 0.1) is 5.56 Å². The molecule has 1 fully saturated rings. The van der Waals surface area contributed by atoms with Crippen LogP contribution in [-0.4, -0.2) is 57.0 Å². The van der Waals surface area contributed by atoms with Crippen molar-refractivity contribution in [1.82, 2.24) is 24.4 Å². The number of halogens is 3. The van der Waals surface area contributed by atoms with Crippen LogP contribution in [0.4, 0.5) is 13.2 Å². The fourth-order valence-corrected chi connectivity index (χ4v) is 4.32. The average Bonchev–Trinajstić information content (AvgIpc) is 3.22. The second-order valence-electron chi connectivity index (χ2n) is 8.21. The van der Waals surface area contributed by atoms with E-state index in [4.69, 9.17) is 0 Å². The lowest BCUT2D eigenvalue weighted by Crippen LogP contribution is -2.46.